The highest BCUT2D eigenvalue weighted by Gasteiger charge is 2.29. The van der Waals surface area contributed by atoms with E-state index in [9.17, 15) is 9.59 Å². The van der Waals surface area contributed by atoms with Gasteiger partial charge in [-0.3, -0.25) is 10.1 Å². The predicted molar refractivity (Wildman–Crippen MR) is 119 cm³/mol. The number of nitrogens with zero attached hydrogens (tertiary/aromatic N) is 3. The maximum Gasteiger partial charge on any atom is 0.412 e. The average molecular weight is 443 g/mol. The van der Waals surface area contributed by atoms with Gasteiger partial charge in [0.05, 0.1) is 13.2 Å². The smallest absolute Gasteiger partial charge is 0.412 e. The van der Waals surface area contributed by atoms with Crippen LogP contribution in [0.3, 0.4) is 0 Å². The highest BCUT2D eigenvalue weighted by molar-refractivity contribution is 5.88. The van der Waals surface area contributed by atoms with Gasteiger partial charge in [-0.1, -0.05) is 32.0 Å². The summed E-state index contributed by atoms with van der Waals surface area (Å²) in [4.78, 5) is 35.3. The molecule has 1 fully saturated rings. The van der Waals surface area contributed by atoms with Crippen LogP contribution in [-0.2, 0) is 14.3 Å². The van der Waals surface area contributed by atoms with E-state index in [1.807, 2.05) is 26.8 Å². The number of aromatic nitrogens is 2. The lowest BCUT2D eigenvalue weighted by Gasteiger charge is -2.34. The van der Waals surface area contributed by atoms with Crippen LogP contribution in [0.5, 0.6) is 5.88 Å². The largest absolute Gasteiger partial charge is 0.475 e. The molecule has 9 heteroatoms. The van der Waals surface area contributed by atoms with Crippen molar-refractivity contribution in [3.63, 3.8) is 0 Å². The van der Waals surface area contributed by atoms with Crippen LogP contribution in [-0.4, -0.2) is 65.4 Å². The van der Waals surface area contributed by atoms with E-state index in [4.69, 9.17) is 14.2 Å². The molecule has 2 aromatic rings. The zero-order valence-electron chi connectivity index (χ0n) is 18.9. The van der Waals surface area contributed by atoms with Crippen LogP contribution in [0.4, 0.5) is 10.5 Å². The van der Waals surface area contributed by atoms with Gasteiger partial charge in [-0.2, -0.15) is 4.98 Å². The van der Waals surface area contributed by atoms with Crippen molar-refractivity contribution in [2.24, 2.45) is 0 Å². The van der Waals surface area contributed by atoms with Crippen molar-refractivity contribution in [1.29, 1.82) is 0 Å². The molecule has 1 aliphatic rings. The zero-order chi connectivity index (χ0) is 23.1. The first kappa shape index (κ1) is 23.5. The Morgan fingerprint density at radius 1 is 1.22 bits per heavy atom. The molecule has 2 amide bonds. The third-order valence-electron chi connectivity index (χ3n) is 4.88. The number of amides is 2. The molecule has 0 spiro atoms. The fraction of sp³-hybridized carbons (Fsp3) is 0.478. The predicted octanol–water partition coefficient (Wildman–Crippen LogP) is 3.15. The number of carbonyl (C=O) groups excluding carboxylic acids is 2. The standard InChI is InChI=1S/C23H30N4O5/c1-15(2)21-24-16(3)12-20(26-21)31-14-19-13-27(10-11-30-19)22(28)17(4)32-23(29)25-18-8-6-5-7-9-18/h5-9,12,15,17,19H,10-11,13-14H2,1-4H3,(H,25,29)/t17-,19?/m1/s1. The summed E-state index contributed by atoms with van der Waals surface area (Å²) < 4.78 is 16.8. The van der Waals surface area contributed by atoms with Gasteiger partial charge in [-0.05, 0) is 26.0 Å². The molecular weight excluding hydrogens is 412 g/mol. The Hall–Kier alpha value is -3.20. The van der Waals surface area contributed by atoms with Crippen LogP contribution in [0.25, 0.3) is 0 Å². The Morgan fingerprint density at radius 3 is 2.69 bits per heavy atom. The molecule has 172 valence electrons. The molecule has 0 aliphatic carbocycles. The fourth-order valence-corrected chi connectivity index (χ4v) is 3.23. The molecule has 0 radical (unpaired) electrons. The molecule has 32 heavy (non-hydrogen) atoms. The molecule has 1 aromatic heterocycles. The van der Waals surface area contributed by atoms with Crippen molar-refractivity contribution in [2.75, 3.05) is 31.6 Å². The van der Waals surface area contributed by atoms with E-state index in [-0.39, 0.29) is 24.5 Å². The second-order valence-corrected chi connectivity index (χ2v) is 7.99. The van der Waals surface area contributed by atoms with Gasteiger partial charge in [0.1, 0.15) is 18.5 Å². The van der Waals surface area contributed by atoms with Crippen molar-refractivity contribution >= 4 is 17.7 Å². The van der Waals surface area contributed by atoms with Crippen LogP contribution >= 0.6 is 0 Å². The highest BCUT2D eigenvalue weighted by atomic mass is 16.6. The number of benzene rings is 1. The van der Waals surface area contributed by atoms with Gasteiger partial charge in [-0.25, -0.2) is 9.78 Å². The number of hydrogen-bond donors (Lipinski definition) is 1. The summed E-state index contributed by atoms with van der Waals surface area (Å²) in [6, 6.07) is 10.7. The number of aryl methyl sites for hydroxylation is 1. The lowest BCUT2D eigenvalue weighted by atomic mass is 10.2. The third kappa shape index (κ3) is 6.65. The summed E-state index contributed by atoms with van der Waals surface area (Å²) in [6.07, 6.45) is -1.91. The summed E-state index contributed by atoms with van der Waals surface area (Å²) in [6.45, 7) is 8.90. The average Bonchev–Trinajstić information content (AvgIpc) is 2.77. The third-order valence-corrected chi connectivity index (χ3v) is 4.88. The first-order valence-electron chi connectivity index (χ1n) is 10.7. The second-order valence-electron chi connectivity index (χ2n) is 7.99. The van der Waals surface area contributed by atoms with Crippen molar-refractivity contribution in [2.45, 2.75) is 45.8 Å². The number of hydrogen-bond acceptors (Lipinski definition) is 7. The van der Waals surface area contributed by atoms with E-state index >= 15 is 0 Å². The molecule has 1 aromatic carbocycles. The second kappa shape index (κ2) is 10.9. The van der Waals surface area contributed by atoms with E-state index in [0.717, 1.165) is 11.5 Å². The monoisotopic (exact) mass is 442 g/mol. The normalized spacial score (nSPS) is 17.0. The number of carbonyl (C=O) groups is 2. The van der Waals surface area contributed by atoms with E-state index in [1.54, 1.807) is 42.2 Å². The number of anilines is 1. The Labute approximate surface area is 188 Å². The van der Waals surface area contributed by atoms with Crippen molar-refractivity contribution in [3.05, 3.63) is 47.9 Å². The van der Waals surface area contributed by atoms with Gasteiger partial charge in [-0.15, -0.1) is 0 Å². The van der Waals surface area contributed by atoms with E-state index < -0.39 is 12.2 Å². The van der Waals surface area contributed by atoms with E-state index in [2.05, 4.69) is 15.3 Å². The van der Waals surface area contributed by atoms with Crippen molar-refractivity contribution in [1.82, 2.24) is 14.9 Å². The number of para-hydroxylation sites is 1. The molecule has 0 bridgehead atoms. The van der Waals surface area contributed by atoms with Crippen LogP contribution < -0.4 is 10.1 Å². The minimum atomic E-state index is -0.920. The highest BCUT2D eigenvalue weighted by Crippen LogP contribution is 2.17. The Balaban J connectivity index is 1.50. The lowest BCUT2D eigenvalue weighted by Crippen LogP contribution is -2.51. The van der Waals surface area contributed by atoms with Crippen LogP contribution in [0.1, 0.15) is 38.2 Å². The Kier molecular flexibility index (Phi) is 7.99. The fourth-order valence-electron chi connectivity index (χ4n) is 3.23. The minimum absolute atomic E-state index is 0.192. The number of rotatable bonds is 7. The molecular formula is C23H30N4O5. The number of morpholine rings is 1. The molecule has 0 saturated carbocycles. The van der Waals surface area contributed by atoms with Gasteiger partial charge < -0.3 is 19.1 Å². The van der Waals surface area contributed by atoms with Gasteiger partial charge in [0.2, 0.25) is 5.88 Å². The molecule has 1 unspecified atom stereocenters. The molecule has 1 N–H and O–H groups in total. The van der Waals surface area contributed by atoms with Gasteiger partial charge in [0.25, 0.3) is 5.91 Å². The summed E-state index contributed by atoms with van der Waals surface area (Å²) in [5.74, 6) is 1.13. The van der Waals surface area contributed by atoms with Gasteiger partial charge >= 0.3 is 6.09 Å². The Bertz CT molecular complexity index is 922. The molecule has 2 atom stereocenters. The minimum Gasteiger partial charge on any atom is -0.475 e. The first-order valence-corrected chi connectivity index (χ1v) is 10.7. The molecule has 1 saturated heterocycles. The molecule has 9 nitrogen and oxygen atoms in total. The summed E-state index contributed by atoms with van der Waals surface area (Å²) in [5, 5.41) is 2.61. The maximum absolute atomic E-state index is 12.8. The van der Waals surface area contributed by atoms with Crippen LogP contribution in [0, 0.1) is 6.92 Å². The molecule has 3 rings (SSSR count). The van der Waals surface area contributed by atoms with Crippen LogP contribution in [0.2, 0.25) is 0 Å². The maximum atomic E-state index is 12.8. The summed E-state index contributed by atoms with van der Waals surface area (Å²) >= 11 is 0. The van der Waals surface area contributed by atoms with Crippen LogP contribution in [0.15, 0.2) is 36.4 Å². The first-order chi connectivity index (χ1) is 15.3. The number of nitrogens with one attached hydrogen (secondary N) is 1. The molecule has 2 heterocycles. The summed E-state index contributed by atoms with van der Waals surface area (Å²) in [7, 11) is 0. The topological polar surface area (TPSA) is 103 Å². The van der Waals surface area contributed by atoms with Crippen molar-refractivity contribution in [3.8, 4) is 5.88 Å². The lowest BCUT2D eigenvalue weighted by molar-refractivity contribution is -0.147. The quantitative estimate of drug-likeness (QED) is 0.703. The Morgan fingerprint density at radius 2 is 1.97 bits per heavy atom. The summed E-state index contributed by atoms with van der Waals surface area (Å²) in [5.41, 5.74) is 1.43. The SMILES string of the molecule is Cc1cc(OCC2CN(C(=O)[C@@H](C)OC(=O)Nc3ccccc3)CCO2)nc(C(C)C)n1. The van der Waals surface area contributed by atoms with Gasteiger partial charge in [0, 0.05) is 29.9 Å². The number of ether oxygens (including phenoxy) is 3. The molecule has 1 aliphatic heterocycles. The van der Waals surface area contributed by atoms with Crippen molar-refractivity contribution < 1.29 is 23.8 Å². The zero-order valence-corrected chi connectivity index (χ0v) is 18.9. The van der Waals surface area contributed by atoms with E-state index in [0.29, 0.717) is 31.3 Å². The van der Waals surface area contributed by atoms with Gasteiger partial charge in [0.15, 0.2) is 6.10 Å². The van der Waals surface area contributed by atoms with E-state index in [1.165, 1.54) is 0 Å².